The first-order chi connectivity index (χ1) is 9.22. The Morgan fingerprint density at radius 3 is 3.00 bits per heavy atom. The molecule has 5 heteroatoms. The van der Waals surface area contributed by atoms with Gasteiger partial charge in [-0.3, -0.25) is 0 Å². The van der Waals surface area contributed by atoms with Crippen LogP contribution < -0.4 is 10.5 Å². The van der Waals surface area contributed by atoms with Crippen LogP contribution in [0.1, 0.15) is 29.6 Å². The molecule has 1 atom stereocenters. The Bertz CT molecular complexity index is 441. The monoisotopic (exact) mass is 265 g/mol. The van der Waals surface area contributed by atoms with Crippen LogP contribution in [0.3, 0.4) is 0 Å². The maximum absolute atomic E-state index is 12.1. The normalized spacial score (nSPS) is 18.9. The minimum atomic E-state index is -0.468. The van der Waals surface area contributed by atoms with Crippen LogP contribution in [-0.2, 0) is 9.47 Å². The summed E-state index contributed by atoms with van der Waals surface area (Å²) in [5.74, 6) is -0.0429. The van der Waals surface area contributed by atoms with Crippen LogP contribution in [0.5, 0.6) is 5.75 Å². The van der Waals surface area contributed by atoms with E-state index in [0.717, 1.165) is 25.9 Å². The number of rotatable bonds is 4. The lowest BCUT2D eigenvalue weighted by molar-refractivity contribution is -0.0300. The summed E-state index contributed by atoms with van der Waals surface area (Å²) in [6.07, 6.45) is 3.10. The maximum atomic E-state index is 12.1. The van der Waals surface area contributed by atoms with E-state index in [1.807, 2.05) is 0 Å². The van der Waals surface area contributed by atoms with Crippen LogP contribution >= 0.6 is 0 Å². The molecule has 1 saturated heterocycles. The van der Waals surface area contributed by atoms with Crippen molar-refractivity contribution in [1.82, 2.24) is 0 Å². The van der Waals surface area contributed by atoms with E-state index in [2.05, 4.69) is 0 Å². The minimum Gasteiger partial charge on any atom is -0.496 e. The maximum Gasteiger partial charge on any atom is 0.344 e. The standard InChI is InChI=1S/C14H19NO4/c1-17-12-7-4-6-11(15)13(12)14(16)19-9-10-5-2-3-8-18-10/h4,6-7,10H,2-3,5,8-9,15H2,1H3. The van der Waals surface area contributed by atoms with E-state index >= 15 is 0 Å². The van der Waals surface area contributed by atoms with Gasteiger partial charge in [0, 0.05) is 12.3 Å². The van der Waals surface area contributed by atoms with Gasteiger partial charge in [0.25, 0.3) is 0 Å². The lowest BCUT2D eigenvalue weighted by Gasteiger charge is -2.22. The highest BCUT2D eigenvalue weighted by molar-refractivity contribution is 5.98. The molecule has 1 aromatic carbocycles. The number of anilines is 1. The third-order valence-electron chi connectivity index (χ3n) is 3.16. The molecule has 1 fully saturated rings. The van der Waals surface area contributed by atoms with Crippen molar-refractivity contribution in [2.45, 2.75) is 25.4 Å². The number of carbonyl (C=O) groups is 1. The molecule has 1 unspecified atom stereocenters. The van der Waals surface area contributed by atoms with E-state index in [1.54, 1.807) is 18.2 Å². The van der Waals surface area contributed by atoms with Crippen LogP contribution in [0.4, 0.5) is 5.69 Å². The Balaban J connectivity index is 1.99. The summed E-state index contributed by atoms with van der Waals surface area (Å²) in [7, 11) is 1.50. The van der Waals surface area contributed by atoms with Crippen molar-refractivity contribution in [2.75, 3.05) is 26.1 Å². The predicted molar refractivity (Wildman–Crippen MR) is 71.3 cm³/mol. The van der Waals surface area contributed by atoms with Gasteiger partial charge in [0.15, 0.2) is 0 Å². The highest BCUT2D eigenvalue weighted by Gasteiger charge is 2.20. The van der Waals surface area contributed by atoms with Gasteiger partial charge in [-0.2, -0.15) is 0 Å². The Labute approximate surface area is 112 Å². The van der Waals surface area contributed by atoms with Crippen molar-refractivity contribution < 1.29 is 19.0 Å². The number of ether oxygens (including phenoxy) is 3. The lowest BCUT2D eigenvalue weighted by atomic mass is 10.1. The van der Waals surface area contributed by atoms with E-state index in [0.29, 0.717) is 11.4 Å². The molecule has 0 radical (unpaired) electrons. The zero-order valence-electron chi connectivity index (χ0n) is 11.1. The van der Waals surface area contributed by atoms with Gasteiger partial charge >= 0.3 is 5.97 Å². The smallest absolute Gasteiger partial charge is 0.344 e. The predicted octanol–water partition coefficient (Wildman–Crippen LogP) is 2.00. The summed E-state index contributed by atoms with van der Waals surface area (Å²) in [5, 5.41) is 0. The first-order valence-corrected chi connectivity index (χ1v) is 6.43. The molecule has 0 aliphatic carbocycles. The fourth-order valence-corrected chi connectivity index (χ4v) is 2.12. The molecule has 104 valence electrons. The molecule has 1 aliphatic rings. The van der Waals surface area contributed by atoms with Gasteiger partial charge in [0.2, 0.25) is 0 Å². The summed E-state index contributed by atoms with van der Waals surface area (Å²) in [5.41, 5.74) is 6.43. The Kier molecular flexibility index (Phi) is 4.63. The summed E-state index contributed by atoms with van der Waals surface area (Å²) < 4.78 is 15.9. The van der Waals surface area contributed by atoms with Gasteiger partial charge in [-0.05, 0) is 31.4 Å². The summed E-state index contributed by atoms with van der Waals surface area (Å²) >= 11 is 0. The van der Waals surface area contributed by atoms with Crippen molar-refractivity contribution in [1.29, 1.82) is 0 Å². The number of hydrogen-bond acceptors (Lipinski definition) is 5. The topological polar surface area (TPSA) is 70.8 Å². The van der Waals surface area contributed by atoms with Crippen molar-refractivity contribution in [3.05, 3.63) is 23.8 Å². The third-order valence-corrected chi connectivity index (χ3v) is 3.16. The minimum absolute atomic E-state index is 0.00590. The second-order valence-electron chi connectivity index (χ2n) is 4.51. The molecular weight excluding hydrogens is 246 g/mol. The molecule has 0 saturated carbocycles. The average molecular weight is 265 g/mol. The highest BCUT2D eigenvalue weighted by atomic mass is 16.6. The van der Waals surface area contributed by atoms with Crippen LogP contribution in [0.25, 0.3) is 0 Å². The van der Waals surface area contributed by atoms with Crippen LogP contribution in [-0.4, -0.2) is 32.4 Å². The van der Waals surface area contributed by atoms with Gasteiger partial charge in [-0.1, -0.05) is 6.07 Å². The molecule has 19 heavy (non-hydrogen) atoms. The zero-order valence-corrected chi connectivity index (χ0v) is 11.1. The number of carbonyl (C=O) groups excluding carboxylic acids is 1. The fraction of sp³-hybridized carbons (Fsp3) is 0.500. The highest BCUT2D eigenvalue weighted by Crippen LogP contribution is 2.25. The van der Waals surface area contributed by atoms with Crippen molar-refractivity contribution in [2.24, 2.45) is 0 Å². The number of methoxy groups -OCH3 is 1. The molecule has 1 aliphatic heterocycles. The Hall–Kier alpha value is -1.75. The second-order valence-corrected chi connectivity index (χ2v) is 4.51. The molecule has 0 amide bonds. The molecule has 0 spiro atoms. The summed E-state index contributed by atoms with van der Waals surface area (Å²) in [6.45, 7) is 0.995. The van der Waals surface area contributed by atoms with Crippen LogP contribution in [0, 0.1) is 0 Å². The molecule has 1 heterocycles. The molecule has 2 rings (SSSR count). The molecule has 1 aromatic rings. The van der Waals surface area contributed by atoms with Gasteiger partial charge in [-0.15, -0.1) is 0 Å². The summed E-state index contributed by atoms with van der Waals surface area (Å²) in [4.78, 5) is 12.1. The van der Waals surface area contributed by atoms with Crippen molar-refractivity contribution in [3.8, 4) is 5.75 Å². The Morgan fingerprint density at radius 2 is 2.32 bits per heavy atom. The van der Waals surface area contributed by atoms with Crippen LogP contribution in [0.15, 0.2) is 18.2 Å². The SMILES string of the molecule is COc1cccc(N)c1C(=O)OCC1CCCCO1. The molecular formula is C14H19NO4. The van der Waals surface area contributed by atoms with Gasteiger partial charge in [-0.25, -0.2) is 4.79 Å². The lowest BCUT2D eigenvalue weighted by Crippen LogP contribution is -2.26. The fourth-order valence-electron chi connectivity index (χ4n) is 2.12. The number of benzene rings is 1. The van der Waals surface area contributed by atoms with E-state index in [-0.39, 0.29) is 18.3 Å². The number of hydrogen-bond donors (Lipinski definition) is 1. The zero-order chi connectivity index (χ0) is 13.7. The first-order valence-electron chi connectivity index (χ1n) is 6.43. The molecule has 0 aromatic heterocycles. The van der Waals surface area contributed by atoms with E-state index < -0.39 is 5.97 Å². The average Bonchev–Trinajstić information content (AvgIpc) is 2.45. The van der Waals surface area contributed by atoms with Crippen molar-refractivity contribution >= 4 is 11.7 Å². The van der Waals surface area contributed by atoms with Gasteiger partial charge in [0.05, 0.1) is 13.2 Å². The largest absolute Gasteiger partial charge is 0.496 e. The van der Waals surface area contributed by atoms with Gasteiger partial charge in [0.1, 0.15) is 17.9 Å². The first kappa shape index (κ1) is 13.7. The number of nitrogen functional groups attached to an aromatic ring is 1. The van der Waals surface area contributed by atoms with E-state index in [1.165, 1.54) is 7.11 Å². The van der Waals surface area contributed by atoms with Crippen LogP contribution in [0.2, 0.25) is 0 Å². The number of esters is 1. The van der Waals surface area contributed by atoms with E-state index in [4.69, 9.17) is 19.9 Å². The van der Waals surface area contributed by atoms with Crippen molar-refractivity contribution in [3.63, 3.8) is 0 Å². The Morgan fingerprint density at radius 1 is 1.47 bits per heavy atom. The molecule has 5 nitrogen and oxygen atoms in total. The number of nitrogens with two attached hydrogens (primary N) is 1. The third kappa shape index (κ3) is 3.38. The summed E-state index contributed by atoms with van der Waals surface area (Å²) in [6, 6.07) is 5.06. The second kappa shape index (κ2) is 6.43. The van der Waals surface area contributed by atoms with E-state index in [9.17, 15) is 4.79 Å². The van der Waals surface area contributed by atoms with Gasteiger partial charge < -0.3 is 19.9 Å². The quantitative estimate of drug-likeness (QED) is 0.666. The molecule has 0 bridgehead atoms. The molecule has 2 N–H and O–H groups in total.